The summed E-state index contributed by atoms with van der Waals surface area (Å²) in [5.41, 5.74) is 0.894. The Bertz CT molecular complexity index is 862. The Balaban J connectivity index is 2.08. The molecule has 0 aliphatic rings. The van der Waals surface area contributed by atoms with Crippen LogP contribution >= 0.6 is 0 Å². The zero-order valence-corrected chi connectivity index (χ0v) is 13.8. The van der Waals surface area contributed by atoms with E-state index in [1.165, 1.54) is 36.4 Å². The molecule has 1 amide bonds. The molecule has 0 aliphatic carbocycles. The highest BCUT2D eigenvalue weighted by Gasteiger charge is 2.31. The second kappa shape index (κ2) is 7.14. The van der Waals surface area contributed by atoms with E-state index in [9.17, 15) is 26.4 Å². The van der Waals surface area contributed by atoms with E-state index in [-0.39, 0.29) is 17.0 Å². The molecular weight excluding hydrogens is 359 g/mol. The highest BCUT2D eigenvalue weighted by molar-refractivity contribution is 7.89. The number of sulfone groups is 1. The van der Waals surface area contributed by atoms with Crippen molar-refractivity contribution in [3.63, 3.8) is 0 Å². The van der Waals surface area contributed by atoms with Crippen molar-refractivity contribution in [1.82, 2.24) is 0 Å². The van der Waals surface area contributed by atoms with E-state index in [0.29, 0.717) is 5.56 Å². The number of amides is 1. The Morgan fingerprint density at radius 3 is 2.32 bits per heavy atom. The maximum absolute atomic E-state index is 12.2. The topological polar surface area (TPSA) is 72.5 Å². The van der Waals surface area contributed by atoms with Gasteiger partial charge < -0.3 is 10.1 Å². The molecule has 0 atom stereocenters. The van der Waals surface area contributed by atoms with Gasteiger partial charge in [0.1, 0.15) is 5.75 Å². The maximum atomic E-state index is 12.2. The predicted molar refractivity (Wildman–Crippen MR) is 86.1 cm³/mol. The minimum absolute atomic E-state index is 0.131. The summed E-state index contributed by atoms with van der Waals surface area (Å²) in [4.78, 5) is 12.1. The van der Waals surface area contributed by atoms with Gasteiger partial charge >= 0.3 is 6.36 Å². The third-order valence-corrected chi connectivity index (χ3v) is 3.83. The summed E-state index contributed by atoms with van der Waals surface area (Å²) in [6, 6.07) is 10.8. The number of hydrogen-bond donors (Lipinski definition) is 1. The van der Waals surface area contributed by atoms with Gasteiger partial charge in [-0.25, -0.2) is 8.42 Å². The van der Waals surface area contributed by atoms with Crippen LogP contribution in [0.4, 0.5) is 18.9 Å². The van der Waals surface area contributed by atoms with Gasteiger partial charge in [-0.2, -0.15) is 0 Å². The average molecular weight is 373 g/mol. The molecule has 134 valence electrons. The van der Waals surface area contributed by atoms with Crippen molar-refractivity contribution >= 4 is 21.4 Å². The van der Waals surface area contributed by atoms with Crippen LogP contribution in [-0.4, -0.2) is 26.9 Å². The number of anilines is 1. The summed E-state index contributed by atoms with van der Waals surface area (Å²) in [5, 5.41) is 2.45. The monoisotopic (exact) mass is 373 g/mol. The third-order valence-electron chi connectivity index (χ3n) is 2.97. The molecule has 2 rings (SSSR count). The molecule has 0 radical (unpaired) electrons. The lowest BCUT2D eigenvalue weighted by Gasteiger charge is -2.11. The summed E-state index contributed by atoms with van der Waals surface area (Å²) in [6.07, 6.45) is -3.72. The molecule has 2 aromatic carbocycles. The molecule has 25 heavy (non-hydrogen) atoms. The fourth-order valence-corrected chi connectivity index (χ4v) is 2.83. The molecule has 0 spiro atoms. The number of nitrogens with one attached hydrogen (secondary N) is 1. The van der Waals surface area contributed by atoms with Crippen molar-refractivity contribution in [1.29, 1.82) is 0 Å². The summed E-state index contributed by atoms with van der Waals surface area (Å²) in [5.74, 6) is -1.14. The van der Waals surface area contributed by atoms with E-state index in [4.69, 9.17) is 0 Å². The molecule has 2 aromatic rings. The Hall–Kier alpha value is -2.55. The van der Waals surface area contributed by atoms with E-state index in [2.05, 4.69) is 10.1 Å². The molecule has 0 aromatic heterocycles. The molecule has 0 saturated carbocycles. The lowest BCUT2D eigenvalue weighted by molar-refractivity contribution is -0.274. The van der Waals surface area contributed by atoms with Crippen LogP contribution in [0.1, 0.15) is 15.9 Å². The van der Waals surface area contributed by atoms with Gasteiger partial charge in [0.05, 0.1) is 5.75 Å². The summed E-state index contributed by atoms with van der Waals surface area (Å²) < 4.78 is 62.8. The minimum atomic E-state index is -4.82. The summed E-state index contributed by atoms with van der Waals surface area (Å²) in [6.45, 7) is 0. The molecule has 0 heterocycles. The van der Waals surface area contributed by atoms with E-state index in [1.807, 2.05) is 0 Å². The second-order valence-electron chi connectivity index (χ2n) is 5.30. The standard InChI is InChI=1S/C16H14F3NO4S/c1-25(22,23)10-11-5-7-12(8-6-11)15(21)20-13-3-2-4-14(9-13)24-16(17,18)19/h2-9H,10H2,1H3,(H,20,21). The van der Waals surface area contributed by atoms with Crippen LogP contribution in [0, 0.1) is 0 Å². The highest BCUT2D eigenvalue weighted by Crippen LogP contribution is 2.25. The quantitative estimate of drug-likeness (QED) is 0.872. The smallest absolute Gasteiger partial charge is 0.406 e. The first-order chi connectivity index (χ1) is 11.5. The number of alkyl halides is 3. The zero-order chi connectivity index (χ0) is 18.7. The van der Waals surface area contributed by atoms with Gasteiger partial charge in [-0.15, -0.1) is 13.2 Å². The van der Waals surface area contributed by atoms with Gasteiger partial charge in [0.15, 0.2) is 9.84 Å². The maximum Gasteiger partial charge on any atom is 0.573 e. The van der Waals surface area contributed by atoms with Crippen LogP contribution < -0.4 is 10.1 Å². The van der Waals surface area contributed by atoms with Crippen LogP contribution in [0.2, 0.25) is 0 Å². The molecule has 0 saturated heterocycles. The number of halogens is 3. The number of benzene rings is 2. The van der Waals surface area contributed by atoms with Crippen molar-refractivity contribution in [3.05, 3.63) is 59.7 Å². The molecule has 0 aliphatic heterocycles. The summed E-state index contributed by atoms with van der Waals surface area (Å²) in [7, 11) is -3.18. The number of carbonyl (C=O) groups excluding carboxylic acids is 1. The third kappa shape index (κ3) is 6.46. The van der Waals surface area contributed by atoms with Crippen molar-refractivity contribution in [2.75, 3.05) is 11.6 Å². The lowest BCUT2D eigenvalue weighted by atomic mass is 10.1. The van der Waals surface area contributed by atoms with Gasteiger partial charge in [-0.3, -0.25) is 4.79 Å². The van der Waals surface area contributed by atoms with E-state index in [1.54, 1.807) is 0 Å². The number of hydrogen-bond acceptors (Lipinski definition) is 4. The zero-order valence-electron chi connectivity index (χ0n) is 13.0. The molecule has 1 N–H and O–H groups in total. The largest absolute Gasteiger partial charge is 0.573 e. The van der Waals surface area contributed by atoms with Crippen LogP contribution in [0.3, 0.4) is 0 Å². The Morgan fingerprint density at radius 1 is 1.12 bits per heavy atom. The van der Waals surface area contributed by atoms with Crippen LogP contribution in [-0.2, 0) is 15.6 Å². The summed E-state index contributed by atoms with van der Waals surface area (Å²) >= 11 is 0. The van der Waals surface area contributed by atoms with Crippen molar-refractivity contribution < 1.29 is 31.1 Å². The van der Waals surface area contributed by atoms with E-state index < -0.39 is 27.9 Å². The first kappa shape index (κ1) is 18.8. The fourth-order valence-electron chi connectivity index (χ4n) is 2.03. The SMILES string of the molecule is CS(=O)(=O)Cc1ccc(C(=O)Nc2cccc(OC(F)(F)F)c2)cc1. The number of rotatable bonds is 5. The molecule has 9 heteroatoms. The van der Waals surface area contributed by atoms with E-state index in [0.717, 1.165) is 18.4 Å². The second-order valence-corrected chi connectivity index (χ2v) is 7.44. The minimum Gasteiger partial charge on any atom is -0.406 e. The van der Waals surface area contributed by atoms with Crippen molar-refractivity contribution in [2.45, 2.75) is 12.1 Å². The Kier molecular flexibility index (Phi) is 5.36. The van der Waals surface area contributed by atoms with Crippen LogP contribution in [0.25, 0.3) is 0 Å². The van der Waals surface area contributed by atoms with E-state index >= 15 is 0 Å². The fraction of sp³-hybridized carbons (Fsp3) is 0.188. The Morgan fingerprint density at radius 2 is 1.76 bits per heavy atom. The highest BCUT2D eigenvalue weighted by atomic mass is 32.2. The molecular formula is C16H14F3NO4S. The lowest BCUT2D eigenvalue weighted by Crippen LogP contribution is -2.17. The van der Waals surface area contributed by atoms with Crippen LogP contribution in [0.5, 0.6) is 5.75 Å². The number of ether oxygens (including phenoxy) is 1. The molecule has 0 bridgehead atoms. The van der Waals surface area contributed by atoms with Gasteiger partial charge in [-0.1, -0.05) is 18.2 Å². The van der Waals surface area contributed by atoms with Gasteiger partial charge in [0.2, 0.25) is 0 Å². The van der Waals surface area contributed by atoms with Crippen molar-refractivity contribution in [2.24, 2.45) is 0 Å². The van der Waals surface area contributed by atoms with Gasteiger partial charge in [0, 0.05) is 23.6 Å². The molecule has 0 unspecified atom stereocenters. The predicted octanol–water partition coefficient (Wildman–Crippen LogP) is 3.38. The molecule has 0 fully saturated rings. The first-order valence-corrected chi connectivity index (χ1v) is 9.02. The van der Waals surface area contributed by atoms with Gasteiger partial charge in [-0.05, 0) is 29.8 Å². The number of carbonyl (C=O) groups is 1. The van der Waals surface area contributed by atoms with Crippen LogP contribution in [0.15, 0.2) is 48.5 Å². The van der Waals surface area contributed by atoms with Crippen molar-refractivity contribution in [3.8, 4) is 5.75 Å². The normalized spacial score (nSPS) is 11.8. The van der Waals surface area contributed by atoms with Gasteiger partial charge in [0.25, 0.3) is 5.91 Å². The Labute approximate surface area is 142 Å². The molecule has 5 nitrogen and oxygen atoms in total. The average Bonchev–Trinajstić information content (AvgIpc) is 2.44. The first-order valence-electron chi connectivity index (χ1n) is 6.96.